The van der Waals surface area contributed by atoms with Crippen LogP contribution < -0.4 is 10.6 Å². The van der Waals surface area contributed by atoms with Crippen molar-refractivity contribution in [3.8, 4) is 0 Å². The first-order valence-electron chi connectivity index (χ1n) is 8.79. The second-order valence-electron chi connectivity index (χ2n) is 8.94. The highest BCUT2D eigenvalue weighted by molar-refractivity contribution is 7.70. The first-order valence-corrected chi connectivity index (χ1v) is 11.4. The van der Waals surface area contributed by atoms with Gasteiger partial charge in [0.05, 0.1) is 11.3 Å². The maximum absolute atomic E-state index is 13.3. The summed E-state index contributed by atoms with van der Waals surface area (Å²) in [5, 5.41) is 1.90. The molecule has 10 heteroatoms. The van der Waals surface area contributed by atoms with Crippen LogP contribution in [0.3, 0.4) is 0 Å². The first-order chi connectivity index (χ1) is 12.8. The standard InChI is InChI=1S/C19H27F3NO5P/c1-17(2,3)11-18(4,5)28-16(25)27-15(24)23-14-9-8-12(29(6,7)26)10-13(14)19(20,21)22/h8-10H,11H2,1-7H3,(H,23,24). The minimum atomic E-state index is -4.82. The Labute approximate surface area is 168 Å². The topological polar surface area (TPSA) is 81.7 Å². The van der Waals surface area contributed by atoms with Crippen LogP contribution in [0, 0.1) is 5.41 Å². The van der Waals surface area contributed by atoms with Gasteiger partial charge in [0.25, 0.3) is 0 Å². The zero-order valence-electron chi connectivity index (χ0n) is 17.6. The van der Waals surface area contributed by atoms with Crippen LogP contribution in [0.25, 0.3) is 0 Å². The number of rotatable bonds is 4. The molecule has 0 saturated carbocycles. The van der Waals surface area contributed by atoms with E-state index in [4.69, 9.17) is 4.74 Å². The Morgan fingerprint density at radius 2 is 1.62 bits per heavy atom. The molecule has 0 aliphatic carbocycles. The van der Waals surface area contributed by atoms with Crippen LogP contribution in [0.2, 0.25) is 0 Å². The molecule has 0 unspecified atom stereocenters. The molecule has 1 rings (SSSR count). The fourth-order valence-electron chi connectivity index (χ4n) is 2.98. The van der Waals surface area contributed by atoms with Gasteiger partial charge in [-0.2, -0.15) is 13.2 Å². The molecule has 0 aliphatic heterocycles. The molecule has 29 heavy (non-hydrogen) atoms. The van der Waals surface area contributed by atoms with Crippen LogP contribution in [0.1, 0.15) is 46.6 Å². The number of nitrogens with one attached hydrogen (secondary N) is 1. The fourth-order valence-corrected chi connectivity index (χ4v) is 3.86. The smallest absolute Gasteiger partial charge is 0.428 e. The predicted molar refractivity (Wildman–Crippen MR) is 105 cm³/mol. The lowest BCUT2D eigenvalue weighted by molar-refractivity contribution is -0.136. The first kappa shape index (κ1) is 25.0. The molecule has 0 heterocycles. The second-order valence-corrected chi connectivity index (χ2v) is 12.2. The molecule has 0 bridgehead atoms. The molecule has 0 atom stereocenters. The van der Waals surface area contributed by atoms with Crippen LogP contribution in [-0.4, -0.2) is 31.2 Å². The molecular formula is C19H27F3NO5P. The van der Waals surface area contributed by atoms with Gasteiger partial charge in [0.2, 0.25) is 0 Å². The summed E-state index contributed by atoms with van der Waals surface area (Å²) in [6.07, 6.45) is -7.10. The summed E-state index contributed by atoms with van der Waals surface area (Å²) in [5.74, 6) is 0. The van der Waals surface area contributed by atoms with Crippen molar-refractivity contribution in [2.45, 2.75) is 52.8 Å². The second kappa shape index (κ2) is 8.38. The monoisotopic (exact) mass is 437 g/mol. The zero-order chi connectivity index (χ0) is 22.8. The van der Waals surface area contributed by atoms with Crippen molar-refractivity contribution in [2.24, 2.45) is 5.41 Å². The highest BCUT2D eigenvalue weighted by atomic mass is 31.2. The van der Waals surface area contributed by atoms with E-state index in [1.54, 1.807) is 13.8 Å². The van der Waals surface area contributed by atoms with Gasteiger partial charge in [0, 0.05) is 5.30 Å². The number of amides is 1. The number of halogens is 3. The van der Waals surface area contributed by atoms with Gasteiger partial charge in [-0.1, -0.05) is 20.8 Å². The third-order valence-electron chi connectivity index (χ3n) is 3.66. The molecule has 6 nitrogen and oxygen atoms in total. The summed E-state index contributed by atoms with van der Waals surface area (Å²) in [4.78, 5) is 23.7. The molecule has 0 spiro atoms. The third kappa shape index (κ3) is 8.48. The maximum atomic E-state index is 13.3. The lowest BCUT2D eigenvalue weighted by atomic mass is 9.84. The normalized spacial score (nSPS) is 13.0. The van der Waals surface area contributed by atoms with E-state index in [9.17, 15) is 27.3 Å². The van der Waals surface area contributed by atoms with E-state index >= 15 is 0 Å². The van der Waals surface area contributed by atoms with E-state index in [0.29, 0.717) is 12.5 Å². The minimum absolute atomic E-state index is 0.00656. The van der Waals surface area contributed by atoms with Crippen molar-refractivity contribution in [3.63, 3.8) is 0 Å². The SMILES string of the molecule is CC(C)(C)CC(C)(C)OC(=O)OC(=O)Nc1ccc(P(C)(C)=O)cc1C(F)(F)F. The molecule has 1 aromatic rings. The van der Waals surface area contributed by atoms with Crippen molar-refractivity contribution in [2.75, 3.05) is 18.6 Å². The van der Waals surface area contributed by atoms with Crippen LogP contribution in [0.4, 0.5) is 28.4 Å². The lowest BCUT2D eigenvalue weighted by Gasteiger charge is -2.31. The highest BCUT2D eigenvalue weighted by Gasteiger charge is 2.36. The molecule has 0 radical (unpaired) electrons. The average Bonchev–Trinajstić information content (AvgIpc) is 2.41. The van der Waals surface area contributed by atoms with Gasteiger partial charge in [-0.25, -0.2) is 9.59 Å². The van der Waals surface area contributed by atoms with Gasteiger partial charge < -0.3 is 14.0 Å². The van der Waals surface area contributed by atoms with Gasteiger partial charge in [0.1, 0.15) is 12.7 Å². The minimum Gasteiger partial charge on any atom is -0.428 e. The van der Waals surface area contributed by atoms with Crippen molar-refractivity contribution >= 4 is 30.4 Å². The van der Waals surface area contributed by atoms with Crippen molar-refractivity contribution in [1.29, 1.82) is 0 Å². The largest absolute Gasteiger partial charge is 0.517 e. The summed E-state index contributed by atoms with van der Waals surface area (Å²) in [6, 6.07) is 2.89. The van der Waals surface area contributed by atoms with E-state index in [0.717, 1.165) is 6.07 Å². The van der Waals surface area contributed by atoms with Gasteiger partial charge >= 0.3 is 18.4 Å². The van der Waals surface area contributed by atoms with E-state index in [1.165, 1.54) is 19.4 Å². The summed E-state index contributed by atoms with van der Waals surface area (Å²) in [6.45, 7) is 11.7. The molecule has 0 aliphatic rings. The molecule has 1 aromatic carbocycles. The Bertz CT molecular complexity index is 822. The van der Waals surface area contributed by atoms with E-state index in [2.05, 4.69) is 4.74 Å². The summed E-state index contributed by atoms with van der Waals surface area (Å²) in [5.41, 5.74) is -2.94. The quantitative estimate of drug-likeness (QED) is 0.363. The van der Waals surface area contributed by atoms with Gasteiger partial charge in [-0.3, -0.25) is 5.32 Å². The maximum Gasteiger partial charge on any atom is 0.517 e. The summed E-state index contributed by atoms with van der Waals surface area (Å²) < 4.78 is 61.6. The molecular weight excluding hydrogens is 410 g/mol. The van der Waals surface area contributed by atoms with Crippen LogP contribution >= 0.6 is 7.14 Å². The summed E-state index contributed by atoms with van der Waals surface area (Å²) in [7, 11) is -2.95. The van der Waals surface area contributed by atoms with Crippen molar-refractivity contribution in [3.05, 3.63) is 23.8 Å². The number of carbonyl (C=O) groups is 2. The number of hydrogen-bond acceptors (Lipinski definition) is 5. The average molecular weight is 437 g/mol. The number of ether oxygens (including phenoxy) is 2. The van der Waals surface area contributed by atoms with Gasteiger partial charge in [0.15, 0.2) is 0 Å². The van der Waals surface area contributed by atoms with Gasteiger partial charge in [-0.05, 0) is 57.2 Å². The van der Waals surface area contributed by atoms with Crippen LogP contribution in [-0.2, 0) is 20.2 Å². The third-order valence-corrected chi connectivity index (χ3v) is 5.18. The lowest BCUT2D eigenvalue weighted by Crippen LogP contribution is -2.34. The fraction of sp³-hybridized carbons (Fsp3) is 0.579. The molecule has 0 aromatic heterocycles. The Morgan fingerprint density at radius 3 is 2.07 bits per heavy atom. The number of carbonyl (C=O) groups excluding carboxylic acids is 2. The Kier molecular flexibility index (Phi) is 7.23. The molecule has 0 fully saturated rings. The van der Waals surface area contributed by atoms with E-state index in [-0.39, 0.29) is 10.7 Å². The molecule has 1 amide bonds. The van der Waals surface area contributed by atoms with Crippen LogP contribution in [0.5, 0.6) is 0 Å². The number of hydrogen-bond donors (Lipinski definition) is 1. The number of benzene rings is 1. The van der Waals surface area contributed by atoms with Crippen molar-refractivity contribution in [1.82, 2.24) is 0 Å². The molecule has 164 valence electrons. The number of anilines is 1. The molecule has 1 N–H and O–H groups in total. The van der Waals surface area contributed by atoms with Gasteiger partial charge in [-0.15, -0.1) is 0 Å². The summed E-state index contributed by atoms with van der Waals surface area (Å²) >= 11 is 0. The Balaban J connectivity index is 2.94. The predicted octanol–water partition coefficient (Wildman–Crippen LogP) is 5.85. The van der Waals surface area contributed by atoms with Crippen molar-refractivity contribution < 1.29 is 36.8 Å². The Hall–Kier alpha value is -2.02. The Morgan fingerprint density at radius 1 is 1.07 bits per heavy atom. The highest BCUT2D eigenvalue weighted by Crippen LogP contribution is 2.40. The van der Waals surface area contributed by atoms with Crippen LogP contribution in [0.15, 0.2) is 18.2 Å². The van der Waals surface area contributed by atoms with E-state index < -0.39 is 42.4 Å². The zero-order valence-corrected chi connectivity index (χ0v) is 18.5. The van der Waals surface area contributed by atoms with E-state index in [1.807, 2.05) is 26.1 Å². The number of alkyl halides is 3. The molecule has 0 saturated heterocycles.